The summed E-state index contributed by atoms with van der Waals surface area (Å²) >= 11 is 0.875. The summed E-state index contributed by atoms with van der Waals surface area (Å²) in [6.07, 6.45) is 7.66. The number of pyridine rings is 1. The summed E-state index contributed by atoms with van der Waals surface area (Å²) in [6.45, 7) is 0. The van der Waals surface area contributed by atoms with Gasteiger partial charge >= 0.3 is 0 Å². The summed E-state index contributed by atoms with van der Waals surface area (Å²) in [4.78, 5) is 27.6. The molecule has 1 saturated heterocycles. The van der Waals surface area contributed by atoms with Gasteiger partial charge in [-0.3, -0.25) is 19.9 Å². The van der Waals surface area contributed by atoms with Crippen LogP contribution in [0.4, 0.5) is 4.79 Å². The standard InChI is InChI=1S/C20H14N2O3S/c23-19-17(26-20(24)22-19)8-15-7-14-9-21-10-16(18(14)25-15)13-5-3-12(4-6-13)11-1-2-11/h3-11H,1-2H2,(H,22,23,24)/b17-8+. The van der Waals surface area contributed by atoms with Crippen LogP contribution in [0.2, 0.25) is 0 Å². The number of amides is 2. The number of imide groups is 1. The van der Waals surface area contributed by atoms with Crippen LogP contribution in [0.5, 0.6) is 0 Å². The van der Waals surface area contributed by atoms with E-state index in [1.165, 1.54) is 18.4 Å². The number of rotatable bonds is 3. The highest BCUT2D eigenvalue weighted by Gasteiger charge is 2.26. The Morgan fingerprint density at radius 2 is 1.96 bits per heavy atom. The van der Waals surface area contributed by atoms with Gasteiger partial charge in [0.2, 0.25) is 0 Å². The fourth-order valence-corrected chi connectivity index (χ4v) is 3.82. The van der Waals surface area contributed by atoms with Gasteiger partial charge in [0.05, 0.1) is 4.91 Å². The molecule has 2 fully saturated rings. The second-order valence-corrected chi connectivity index (χ2v) is 7.52. The maximum absolute atomic E-state index is 11.7. The molecule has 1 aliphatic heterocycles. The van der Waals surface area contributed by atoms with Crippen molar-refractivity contribution >= 4 is 40.0 Å². The van der Waals surface area contributed by atoms with Crippen LogP contribution in [0.3, 0.4) is 0 Å². The fourth-order valence-electron chi connectivity index (χ4n) is 3.16. The lowest BCUT2D eigenvalue weighted by molar-refractivity contribution is -0.115. The molecule has 1 N–H and O–H groups in total. The van der Waals surface area contributed by atoms with Gasteiger partial charge in [-0.25, -0.2) is 0 Å². The van der Waals surface area contributed by atoms with E-state index in [2.05, 4.69) is 34.6 Å². The Kier molecular flexibility index (Phi) is 3.46. The summed E-state index contributed by atoms with van der Waals surface area (Å²) in [5.41, 5.74) is 4.06. The van der Waals surface area contributed by atoms with Gasteiger partial charge in [-0.15, -0.1) is 0 Å². The highest BCUT2D eigenvalue weighted by Crippen LogP contribution is 2.41. The number of hydrogen-bond donors (Lipinski definition) is 1. The Morgan fingerprint density at radius 3 is 2.65 bits per heavy atom. The van der Waals surface area contributed by atoms with E-state index >= 15 is 0 Å². The van der Waals surface area contributed by atoms with E-state index in [1.54, 1.807) is 18.5 Å². The Morgan fingerprint density at radius 1 is 1.15 bits per heavy atom. The molecule has 6 heteroatoms. The minimum Gasteiger partial charge on any atom is -0.456 e. The maximum atomic E-state index is 11.7. The van der Waals surface area contributed by atoms with Crippen molar-refractivity contribution in [1.29, 1.82) is 0 Å². The zero-order chi connectivity index (χ0) is 17.7. The van der Waals surface area contributed by atoms with Crippen LogP contribution < -0.4 is 5.32 Å². The van der Waals surface area contributed by atoms with Crippen molar-refractivity contribution in [2.24, 2.45) is 0 Å². The fraction of sp³-hybridized carbons (Fsp3) is 0.150. The van der Waals surface area contributed by atoms with Crippen molar-refractivity contribution in [2.45, 2.75) is 18.8 Å². The number of aromatic nitrogens is 1. The molecule has 5 nitrogen and oxygen atoms in total. The van der Waals surface area contributed by atoms with E-state index in [4.69, 9.17) is 4.42 Å². The molecule has 0 bridgehead atoms. The molecule has 1 aromatic carbocycles. The third kappa shape index (κ3) is 2.72. The van der Waals surface area contributed by atoms with Crippen molar-refractivity contribution < 1.29 is 14.0 Å². The van der Waals surface area contributed by atoms with Gasteiger partial charge in [-0.1, -0.05) is 24.3 Å². The first-order valence-electron chi connectivity index (χ1n) is 8.40. The van der Waals surface area contributed by atoms with Gasteiger partial charge in [-0.2, -0.15) is 0 Å². The van der Waals surface area contributed by atoms with Crippen LogP contribution in [0.15, 0.2) is 52.0 Å². The van der Waals surface area contributed by atoms with Crippen LogP contribution in [0.1, 0.15) is 30.1 Å². The van der Waals surface area contributed by atoms with E-state index in [9.17, 15) is 9.59 Å². The highest BCUT2D eigenvalue weighted by molar-refractivity contribution is 8.18. The zero-order valence-electron chi connectivity index (χ0n) is 13.7. The minimum atomic E-state index is -0.394. The monoisotopic (exact) mass is 362 g/mol. The molecule has 0 spiro atoms. The van der Waals surface area contributed by atoms with Gasteiger partial charge in [0.1, 0.15) is 11.3 Å². The summed E-state index contributed by atoms with van der Waals surface area (Å²) in [6, 6.07) is 10.4. The number of nitrogens with one attached hydrogen (secondary N) is 1. The average molecular weight is 362 g/mol. The number of carbonyl (C=O) groups excluding carboxylic acids is 2. The molecule has 0 unspecified atom stereocenters. The van der Waals surface area contributed by atoms with Gasteiger partial charge in [0.15, 0.2) is 0 Å². The van der Waals surface area contributed by atoms with E-state index < -0.39 is 5.91 Å². The summed E-state index contributed by atoms with van der Waals surface area (Å²) in [7, 11) is 0. The molecule has 1 saturated carbocycles. The number of benzene rings is 1. The maximum Gasteiger partial charge on any atom is 0.290 e. The number of furan rings is 1. The van der Waals surface area contributed by atoms with E-state index in [1.807, 2.05) is 6.07 Å². The Labute approximate surface area is 153 Å². The first kappa shape index (κ1) is 15.4. The van der Waals surface area contributed by atoms with Gasteiger partial charge < -0.3 is 4.42 Å². The number of fused-ring (bicyclic) bond motifs is 1. The number of carbonyl (C=O) groups is 2. The van der Waals surface area contributed by atoms with Crippen molar-refractivity contribution in [3.63, 3.8) is 0 Å². The number of nitrogens with zero attached hydrogens (tertiary/aromatic N) is 1. The second-order valence-electron chi connectivity index (χ2n) is 6.50. The molecule has 0 radical (unpaired) electrons. The zero-order valence-corrected chi connectivity index (χ0v) is 14.5. The number of thioether (sulfide) groups is 1. The van der Waals surface area contributed by atoms with Gasteiger partial charge in [0.25, 0.3) is 11.1 Å². The molecule has 26 heavy (non-hydrogen) atoms. The predicted octanol–water partition coefficient (Wildman–Crippen LogP) is 4.70. The van der Waals surface area contributed by atoms with Crippen molar-refractivity contribution in [3.05, 3.63) is 59.0 Å². The smallest absolute Gasteiger partial charge is 0.290 e. The molecule has 2 aromatic heterocycles. The summed E-state index contributed by atoms with van der Waals surface area (Å²) in [5.74, 6) is 0.850. The van der Waals surface area contributed by atoms with Gasteiger partial charge in [0, 0.05) is 29.4 Å². The van der Waals surface area contributed by atoms with E-state index in [0.717, 1.165) is 39.8 Å². The van der Waals surface area contributed by atoms with Crippen LogP contribution in [-0.4, -0.2) is 16.1 Å². The van der Waals surface area contributed by atoms with E-state index in [0.29, 0.717) is 10.7 Å². The van der Waals surface area contributed by atoms with Crippen LogP contribution in [-0.2, 0) is 4.79 Å². The second kappa shape index (κ2) is 5.85. The first-order valence-corrected chi connectivity index (χ1v) is 9.22. The van der Waals surface area contributed by atoms with Crippen molar-refractivity contribution in [2.75, 3.05) is 0 Å². The lowest BCUT2D eigenvalue weighted by Gasteiger charge is -2.04. The highest BCUT2D eigenvalue weighted by atomic mass is 32.2. The molecule has 2 aliphatic rings. The van der Waals surface area contributed by atoms with Crippen LogP contribution >= 0.6 is 11.8 Å². The SMILES string of the molecule is O=C1NC(=O)/C(=C\c2cc3cncc(-c4ccc(C5CC5)cc4)c3o2)S1. The molecular formula is C20H14N2O3S. The lowest BCUT2D eigenvalue weighted by Crippen LogP contribution is -2.17. The third-order valence-corrected chi connectivity index (χ3v) is 5.44. The molecule has 128 valence electrons. The van der Waals surface area contributed by atoms with Gasteiger partial charge in [-0.05, 0) is 47.7 Å². The Bertz CT molecular complexity index is 1080. The van der Waals surface area contributed by atoms with Crippen molar-refractivity contribution in [3.8, 4) is 11.1 Å². The molecule has 3 heterocycles. The minimum absolute atomic E-state index is 0.331. The molecule has 2 amide bonds. The topological polar surface area (TPSA) is 72.2 Å². The molecule has 1 aliphatic carbocycles. The quantitative estimate of drug-likeness (QED) is 0.684. The molecule has 0 atom stereocenters. The normalized spacial score (nSPS) is 18.7. The first-order chi connectivity index (χ1) is 12.7. The summed E-state index contributed by atoms with van der Waals surface area (Å²) in [5, 5.41) is 2.73. The Hall–Kier alpha value is -2.86. The molecule has 3 aromatic rings. The van der Waals surface area contributed by atoms with E-state index in [-0.39, 0.29) is 5.24 Å². The summed E-state index contributed by atoms with van der Waals surface area (Å²) < 4.78 is 5.97. The molecule has 5 rings (SSSR count). The van der Waals surface area contributed by atoms with Crippen LogP contribution in [0.25, 0.3) is 28.2 Å². The third-order valence-electron chi connectivity index (χ3n) is 4.63. The lowest BCUT2D eigenvalue weighted by atomic mass is 10.0. The van der Waals surface area contributed by atoms with Crippen molar-refractivity contribution in [1.82, 2.24) is 10.3 Å². The van der Waals surface area contributed by atoms with Crippen LogP contribution in [0, 0.1) is 0 Å². The molecular weight excluding hydrogens is 348 g/mol. The average Bonchev–Trinajstić information content (AvgIpc) is 3.33. The number of hydrogen-bond acceptors (Lipinski definition) is 5. The Balaban J connectivity index is 1.54. The largest absolute Gasteiger partial charge is 0.456 e. The predicted molar refractivity (Wildman–Crippen MR) is 101 cm³/mol.